The lowest BCUT2D eigenvalue weighted by molar-refractivity contribution is -0.138. The second-order valence-electron chi connectivity index (χ2n) is 7.34. The van der Waals surface area contributed by atoms with Gasteiger partial charge in [-0.25, -0.2) is 9.78 Å². The molecule has 2 fully saturated rings. The van der Waals surface area contributed by atoms with Crippen molar-refractivity contribution < 1.29 is 9.59 Å². The third-order valence-electron chi connectivity index (χ3n) is 5.27. The summed E-state index contributed by atoms with van der Waals surface area (Å²) in [6, 6.07) is 0.0787. The summed E-state index contributed by atoms with van der Waals surface area (Å²) in [5, 5.41) is 0. The van der Waals surface area contributed by atoms with Gasteiger partial charge in [-0.3, -0.25) is 4.79 Å². The van der Waals surface area contributed by atoms with Gasteiger partial charge < -0.3 is 19.7 Å². The minimum absolute atomic E-state index is 0.0613. The summed E-state index contributed by atoms with van der Waals surface area (Å²) in [4.78, 5) is 37.3. The quantitative estimate of drug-likeness (QED) is 0.907. The predicted molar refractivity (Wildman–Crippen MR) is 90.4 cm³/mol. The van der Waals surface area contributed by atoms with E-state index in [1.807, 2.05) is 16.0 Å². The second-order valence-corrected chi connectivity index (χ2v) is 7.34. The number of hydrogen-bond donors (Lipinski definition) is 1. The topological polar surface area (TPSA) is 72.5 Å². The van der Waals surface area contributed by atoms with Gasteiger partial charge in [-0.05, 0) is 19.3 Å². The highest BCUT2D eigenvalue weighted by atomic mass is 16.2. The Hall–Kier alpha value is -2.05. The number of piperidine rings is 2. The molecule has 24 heavy (non-hydrogen) atoms. The van der Waals surface area contributed by atoms with Crippen molar-refractivity contribution in [1.82, 2.24) is 24.7 Å². The summed E-state index contributed by atoms with van der Waals surface area (Å²) in [6.07, 6.45) is 7.86. The Labute approximate surface area is 143 Å². The van der Waals surface area contributed by atoms with E-state index in [4.69, 9.17) is 0 Å². The van der Waals surface area contributed by atoms with E-state index in [0.29, 0.717) is 13.0 Å². The highest BCUT2D eigenvalue weighted by Gasteiger charge is 2.42. The van der Waals surface area contributed by atoms with Crippen LogP contribution in [0.4, 0.5) is 4.79 Å². The van der Waals surface area contributed by atoms with Crippen molar-refractivity contribution >= 4 is 11.9 Å². The maximum atomic E-state index is 12.3. The van der Waals surface area contributed by atoms with Crippen LogP contribution in [0.15, 0.2) is 12.5 Å². The predicted octanol–water partition coefficient (Wildman–Crippen LogP) is 1.34. The third kappa shape index (κ3) is 3.55. The van der Waals surface area contributed by atoms with Crippen LogP contribution >= 0.6 is 0 Å². The second kappa shape index (κ2) is 6.83. The van der Waals surface area contributed by atoms with Crippen molar-refractivity contribution in [3.63, 3.8) is 0 Å². The molecule has 2 aliphatic rings. The third-order valence-corrected chi connectivity index (χ3v) is 5.27. The molecular formula is C17H27N5O2. The lowest BCUT2D eigenvalue weighted by atomic mass is 9.73. The molecule has 132 valence electrons. The first-order valence-corrected chi connectivity index (χ1v) is 8.70. The fourth-order valence-electron chi connectivity index (χ4n) is 3.97. The molecule has 1 atom stereocenters. The van der Waals surface area contributed by atoms with E-state index in [1.165, 1.54) is 0 Å². The molecule has 0 radical (unpaired) electrons. The van der Waals surface area contributed by atoms with Crippen molar-refractivity contribution in [3.8, 4) is 0 Å². The SMILES string of the molecule is CN(C)C(=O)N1CCCC2(CCC(=O)N(CCc3cnc[nH]3)C2)C1. The lowest BCUT2D eigenvalue weighted by Gasteiger charge is -2.48. The summed E-state index contributed by atoms with van der Waals surface area (Å²) in [7, 11) is 3.59. The van der Waals surface area contributed by atoms with Crippen molar-refractivity contribution in [2.24, 2.45) is 5.41 Å². The van der Waals surface area contributed by atoms with E-state index in [-0.39, 0.29) is 17.4 Å². The summed E-state index contributed by atoms with van der Waals surface area (Å²) >= 11 is 0. The molecule has 0 saturated carbocycles. The van der Waals surface area contributed by atoms with E-state index in [9.17, 15) is 9.59 Å². The van der Waals surface area contributed by atoms with Gasteiger partial charge in [0, 0.05) is 70.4 Å². The number of imidazole rings is 1. The summed E-state index contributed by atoms with van der Waals surface area (Å²) in [5.74, 6) is 0.233. The van der Waals surface area contributed by atoms with E-state index in [1.54, 1.807) is 25.3 Å². The van der Waals surface area contributed by atoms with Gasteiger partial charge in [0.05, 0.1) is 6.33 Å². The first kappa shape index (κ1) is 16.8. The van der Waals surface area contributed by atoms with E-state index < -0.39 is 0 Å². The van der Waals surface area contributed by atoms with Gasteiger partial charge >= 0.3 is 6.03 Å². The minimum atomic E-state index is 0.0613. The Morgan fingerprint density at radius 3 is 2.92 bits per heavy atom. The number of rotatable bonds is 3. The molecule has 1 unspecified atom stereocenters. The minimum Gasteiger partial charge on any atom is -0.348 e. The molecule has 3 amide bonds. The molecule has 1 spiro atoms. The number of urea groups is 1. The number of hydrogen-bond acceptors (Lipinski definition) is 3. The number of carbonyl (C=O) groups excluding carboxylic acids is 2. The molecule has 7 nitrogen and oxygen atoms in total. The monoisotopic (exact) mass is 333 g/mol. The van der Waals surface area contributed by atoms with Crippen LogP contribution in [0.5, 0.6) is 0 Å². The number of nitrogens with one attached hydrogen (secondary N) is 1. The zero-order valence-electron chi connectivity index (χ0n) is 14.6. The van der Waals surface area contributed by atoms with Crippen LogP contribution < -0.4 is 0 Å². The molecule has 3 heterocycles. The Bertz CT molecular complexity index is 586. The van der Waals surface area contributed by atoms with Crippen LogP contribution in [-0.4, -0.2) is 76.9 Å². The van der Waals surface area contributed by atoms with Crippen molar-refractivity contribution in [2.75, 3.05) is 40.3 Å². The molecule has 0 aromatic carbocycles. The molecule has 1 aromatic heterocycles. The zero-order valence-corrected chi connectivity index (χ0v) is 14.6. The van der Waals surface area contributed by atoms with Crippen LogP contribution in [0.1, 0.15) is 31.4 Å². The smallest absolute Gasteiger partial charge is 0.319 e. The first-order valence-electron chi connectivity index (χ1n) is 8.70. The van der Waals surface area contributed by atoms with Gasteiger partial charge in [0.25, 0.3) is 0 Å². The van der Waals surface area contributed by atoms with Gasteiger partial charge in [-0.1, -0.05) is 0 Å². The van der Waals surface area contributed by atoms with E-state index in [0.717, 1.165) is 51.0 Å². The average Bonchev–Trinajstić information content (AvgIpc) is 3.09. The Morgan fingerprint density at radius 1 is 1.38 bits per heavy atom. The van der Waals surface area contributed by atoms with Crippen LogP contribution in [0.25, 0.3) is 0 Å². The summed E-state index contributed by atoms with van der Waals surface area (Å²) < 4.78 is 0. The normalized spacial score (nSPS) is 24.5. The fourth-order valence-corrected chi connectivity index (χ4v) is 3.97. The molecule has 2 aliphatic heterocycles. The van der Waals surface area contributed by atoms with Gasteiger partial charge in [-0.15, -0.1) is 0 Å². The highest BCUT2D eigenvalue weighted by Crippen LogP contribution is 2.39. The molecule has 0 aliphatic carbocycles. The molecule has 3 rings (SSSR count). The summed E-state index contributed by atoms with van der Waals surface area (Å²) in [5.41, 5.74) is 1.11. The first-order chi connectivity index (χ1) is 11.5. The fraction of sp³-hybridized carbons (Fsp3) is 0.706. The van der Waals surface area contributed by atoms with Crippen molar-refractivity contribution in [2.45, 2.75) is 32.1 Å². The van der Waals surface area contributed by atoms with Gasteiger partial charge in [0.1, 0.15) is 0 Å². The lowest BCUT2D eigenvalue weighted by Crippen LogP contribution is -2.56. The van der Waals surface area contributed by atoms with Crippen LogP contribution in [-0.2, 0) is 11.2 Å². The number of carbonyl (C=O) groups is 2. The van der Waals surface area contributed by atoms with E-state index in [2.05, 4.69) is 9.97 Å². The van der Waals surface area contributed by atoms with Gasteiger partial charge in [0.15, 0.2) is 0 Å². The number of aromatic nitrogens is 2. The Kier molecular flexibility index (Phi) is 4.78. The molecular weight excluding hydrogens is 306 g/mol. The average molecular weight is 333 g/mol. The highest BCUT2D eigenvalue weighted by molar-refractivity contribution is 5.77. The van der Waals surface area contributed by atoms with Gasteiger partial charge in [-0.2, -0.15) is 0 Å². The zero-order chi connectivity index (χ0) is 17.2. The van der Waals surface area contributed by atoms with Crippen molar-refractivity contribution in [3.05, 3.63) is 18.2 Å². The van der Waals surface area contributed by atoms with Crippen LogP contribution in [0.2, 0.25) is 0 Å². The molecule has 7 heteroatoms. The molecule has 0 bridgehead atoms. The number of likely N-dealkylation sites (tertiary alicyclic amines) is 2. The largest absolute Gasteiger partial charge is 0.348 e. The number of H-pyrrole nitrogens is 1. The Balaban J connectivity index is 1.64. The number of amides is 3. The van der Waals surface area contributed by atoms with Crippen LogP contribution in [0.3, 0.4) is 0 Å². The molecule has 1 aromatic rings. The maximum Gasteiger partial charge on any atom is 0.319 e. The maximum absolute atomic E-state index is 12.3. The van der Waals surface area contributed by atoms with Gasteiger partial charge in [0.2, 0.25) is 5.91 Å². The summed E-state index contributed by atoms with van der Waals surface area (Å²) in [6.45, 7) is 3.06. The Morgan fingerprint density at radius 2 is 2.21 bits per heavy atom. The van der Waals surface area contributed by atoms with Crippen molar-refractivity contribution in [1.29, 1.82) is 0 Å². The standard InChI is InChI=1S/C17H27N5O2/c1-20(2)16(24)22-8-3-6-17(12-22)7-4-15(23)21(11-17)9-5-14-10-18-13-19-14/h10,13H,3-9,11-12H2,1-2H3,(H,18,19). The number of aromatic amines is 1. The van der Waals surface area contributed by atoms with Crippen LogP contribution in [0, 0.1) is 5.41 Å². The van der Waals surface area contributed by atoms with E-state index >= 15 is 0 Å². The molecule has 2 saturated heterocycles. The number of nitrogens with zero attached hydrogens (tertiary/aromatic N) is 4. The molecule has 1 N–H and O–H groups in total.